The zero-order valence-corrected chi connectivity index (χ0v) is 40.0. The fraction of sp³-hybridized carbons (Fsp3) is 0.739. The first-order valence-electron chi connectivity index (χ1n) is 23.2. The Labute approximate surface area is 381 Å². The number of phosphoric ester groups is 2. The summed E-state index contributed by atoms with van der Waals surface area (Å²) in [6, 6.07) is 0. The van der Waals surface area contributed by atoms with Crippen LogP contribution < -0.4 is 0 Å². The van der Waals surface area contributed by atoms with Crippen molar-refractivity contribution in [2.45, 2.75) is 179 Å². The van der Waals surface area contributed by atoms with Gasteiger partial charge >= 0.3 is 27.6 Å². The van der Waals surface area contributed by atoms with Gasteiger partial charge in [0.05, 0.1) is 38.1 Å². The Bertz CT molecular complexity index is 1480. The molecule has 1 aliphatic carbocycles. The van der Waals surface area contributed by atoms with Crippen molar-refractivity contribution in [1.82, 2.24) is 0 Å². The molecule has 18 heteroatoms. The molecule has 1 unspecified atom stereocenters. The number of unbranched alkanes of at least 4 members (excludes halogenated alkanes) is 9. The Morgan fingerprint density at radius 2 is 1.20 bits per heavy atom. The number of aliphatic hydroxyl groups is 4. The van der Waals surface area contributed by atoms with Crippen LogP contribution in [0, 0.1) is 11.8 Å². The number of hydrogen-bond donors (Lipinski definition) is 7. The highest BCUT2D eigenvalue weighted by Gasteiger charge is 2.39. The lowest BCUT2D eigenvalue weighted by Crippen LogP contribution is -2.29. The van der Waals surface area contributed by atoms with Gasteiger partial charge in [0.25, 0.3) is 0 Å². The summed E-state index contributed by atoms with van der Waals surface area (Å²) >= 11 is 0. The Kier molecular flexibility index (Phi) is 34.3. The van der Waals surface area contributed by atoms with Crippen molar-refractivity contribution in [2.24, 2.45) is 11.8 Å². The molecule has 0 saturated heterocycles. The second kappa shape index (κ2) is 36.8. The monoisotopic (exact) mass is 950 g/mol. The molecule has 8 atom stereocenters. The van der Waals surface area contributed by atoms with Crippen LogP contribution in [-0.4, -0.2) is 104 Å². The highest BCUT2D eigenvalue weighted by atomic mass is 31.2. The van der Waals surface area contributed by atoms with Crippen molar-refractivity contribution < 1.29 is 76.9 Å². The van der Waals surface area contributed by atoms with Crippen LogP contribution in [0.5, 0.6) is 0 Å². The van der Waals surface area contributed by atoms with Crippen LogP contribution in [0.25, 0.3) is 0 Å². The summed E-state index contributed by atoms with van der Waals surface area (Å²) < 4.78 is 47.8. The molecule has 0 amide bonds. The third kappa shape index (κ3) is 33.2. The third-order valence-electron chi connectivity index (χ3n) is 10.5. The number of ether oxygens (including phenoxy) is 2. The molecule has 0 radical (unpaired) electrons. The largest absolute Gasteiger partial charge is 0.472 e. The zero-order valence-electron chi connectivity index (χ0n) is 38.2. The first-order chi connectivity index (χ1) is 30.6. The Hall–Kier alpha value is -2.30. The maximum atomic E-state index is 12.7. The van der Waals surface area contributed by atoms with Crippen LogP contribution in [0.4, 0.5) is 0 Å². The van der Waals surface area contributed by atoms with Crippen molar-refractivity contribution in [3.8, 4) is 0 Å². The highest BCUT2D eigenvalue weighted by Crippen LogP contribution is 2.44. The smallest absolute Gasteiger partial charge is 0.462 e. The van der Waals surface area contributed by atoms with Gasteiger partial charge in [-0.1, -0.05) is 126 Å². The summed E-state index contributed by atoms with van der Waals surface area (Å²) in [5, 5.41) is 41.2. The summed E-state index contributed by atoms with van der Waals surface area (Å²) in [4.78, 5) is 53.0. The molecule has 0 spiro atoms. The molecule has 0 aromatic heterocycles. The maximum absolute atomic E-state index is 12.7. The van der Waals surface area contributed by atoms with E-state index < -0.39 is 84.5 Å². The first kappa shape index (κ1) is 59.7. The molecule has 1 aliphatic rings. The minimum Gasteiger partial charge on any atom is -0.462 e. The lowest BCUT2D eigenvalue weighted by molar-refractivity contribution is -0.161. The second-order valence-electron chi connectivity index (χ2n) is 16.3. The van der Waals surface area contributed by atoms with E-state index in [1.54, 1.807) is 6.08 Å². The zero-order chi connectivity index (χ0) is 47.5. The van der Waals surface area contributed by atoms with Gasteiger partial charge in [-0.15, -0.1) is 0 Å². The van der Waals surface area contributed by atoms with E-state index in [-0.39, 0.29) is 31.1 Å². The number of aliphatic hydroxyl groups excluding tert-OH is 4. The van der Waals surface area contributed by atoms with Gasteiger partial charge in [-0.05, 0) is 70.1 Å². The van der Waals surface area contributed by atoms with E-state index in [4.69, 9.17) is 23.8 Å². The molecule has 0 aromatic rings. The van der Waals surface area contributed by atoms with Gasteiger partial charge in [0, 0.05) is 25.2 Å². The van der Waals surface area contributed by atoms with Crippen LogP contribution in [0.3, 0.4) is 0 Å². The molecule has 7 N–H and O–H groups in total. The molecule has 0 bridgehead atoms. The van der Waals surface area contributed by atoms with Gasteiger partial charge in [0.1, 0.15) is 12.7 Å². The minimum absolute atomic E-state index is 0.0103. The predicted molar refractivity (Wildman–Crippen MR) is 246 cm³/mol. The summed E-state index contributed by atoms with van der Waals surface area (Å²) in [5.41, 5.74) is 0. The molecule has 0 aromatic carbocycles. The van der Waals surface area contributed by atoms with Crippen LogP contribution >= 0.6 is 15.6 Å². The highest BCUT2D eigenvalue weighted by molar-refractivity contribution is 7.47. The summed E-state index contributed by atoms with van der Waals surface area (Å²) in [6.45, 7) is 1.33. The lowest BCUT2D eigenvalue weighted by atomic mass is 9.88. The topological polar surface area (TPSA) is 256 Å². The van der Waals surface area contributed by atoms with Crippen LogP contribution in [0.2, 0.25) is 0 Å². The van der Waals surface area contributed by atoms with Crippen molar-refractivity contribution in [1.29, 1.82) is 0 Å². The molecule has 0 aliphatic heterocycles. The van der Waals surface area contributed by atoms with Crippen LogP contribution in [-0.2, 0) is 41.8 Å². The molecule has 1 fully saturated rings. The van der Waals surface area contributed by atoms with Gasteiger partial charge in [-0.2, -0.15) is 0 Å². The summed E-state index contributed by atoms with van der Waals surface area (Å²) in [7, 11) is -9.78. The average molecular weight is 951 g/mol. The number of allylic oxidation sites excluding steroid dienone is 8. The molecular formula is C46H80O16P2. The van der Waals surface area contributed by atoms with Crippen LogP contribution in [0.15, 0.2) is 60.8 Å². The molecule has 16 nitrogen and oxygen atoms in total. The van der Waals surface area contributed by atoms with E-state index in [9.17, 15) is 44.0 Å². The lowest BCUT2D eigenvalue weighted by Gasteiger charge is -2.21. The molecular weight excluding hydrogens is 870 g/mol. The van der Waals surface area contributed by atoms with Gasteiger partial charge in [-0.3, -0.25) is 23.2 Å². The number of rotatable bonds is 39. The molecule has 64 heavy (non-hydrogen) atoms. The normalized spacial score (nSPS) is 20.8. The second-order valence-corrected chi connectivity index (χ2v) is 19.0. The van der Waals surface area contributed by atoms with Gasteiger partial charge in [0.2, 0.25) is 0 Å². The first-order valence-corrected chi connectivity index (χ1v) is 26.3. The van der Waals surface area contributed by atoms with E-state index in [2.05, 4.69) is 59.4 Å². The van der Waals surface area contributed by atoms with Crippen molar-refractivity contribution >= 4 is 27.6 Å². The van der Waals surface area contributed by atoms with E-state index in [0.717, 1.165) is 57.8 Å². The minimum atomic E-state index is -4.90. The SMILES string of the molecule is CCCCC/C=C\C/C=C\C/C=C\C/C=C\CCCC(=O)O[C@H](COC(=O)CCCCCC[C@@H]1[C@@H](/C=C/[C@@H](O)CCCCC)[C@H](O)C[C@@H]1O)COP(=O)(O)OC[C@@H](O)COP(=O)(O)O. The average Bonchev–Trinajstić information content (AvgIpc) is 3.51. The quantitative estimate of drug-likeness (QED) is 0.0132. The number of carbonyl (C=O) groups is 2. The molecule has 1 saturated carbocycles. The maximum Gasteiger partial charge on any atom is 0.472 e. The number of hydrogen-bond acceptors (Lipinski definition) is 13. The molecule has 0 heterocycles. The fourth-order valence-corrected chi connectivity index (χ4v) is 8.06. The Morgan fingerprint density at radius 1 is 0.641 bits per heavy atom. The van der Waals surface area contributed by atoms with Crippen LogP contribution in [0.1, 0.15) is 149 Å². The Morgan fingerprint density at radius 3 is 1.84 bits per heavy atom. The van der Waals surface area contributed by atoms with Gasteiger partial charge < -0.3 is 44.6 Å². The third-order valence-corrected chi connectivity index (χ3v) is 11.9. The standard InChI is InChI=1S/C46H80O16P2/c1-3-5-7-8-9-10-11-12-13-14-15-16-17-18-19-20-26-30-46(52)62-40(37-61-64(56,57)60-35-39(48)34-59-63(53,54)55)36-58-45(51)29-25-22-21-24-28-41-42(44(50)33-43(41)49)32-31-38(47)27-23-6-4-2/h9-10,12-13,15-16,18-19,31-32,38-44,47-50H,3-8,11,14,17,20-30,33-37H2,1-2H3,(H,56,57)(H2,53,54,55)/b10-9-,13-12-,16-15-,19-18-,32-31+/t38-,39-,40+,41+,42+,43-,44+/m0/s1. The van der Waals surface area contributed by atoms with Crippen molar-refractivity contribution in [3.05, 3.63) is 60.8 Å². The summed E-state index contributed by atoms with van der Waals surface area (Å²) in [6.07, 6.45) is 31.4. The molecule has 370 valence electrons. The Balaban J connectivity index is 2.56. The fourth-order valence-electron chi connectivity index (χ4n) is 6.91. The number of phosphoric acid groups is 2. The van der Waals surface area contributed by atoms with Gasteiger partial charge in [0.15, 0.2) is 6.10 Å². The van der Waals surface area contributed by atoms with E-state index >= 15 is 0 Å². The summed E-state index contributed by atoms with van der Waals surface area (Å²) in [5.74, 6) is -1.61. The predicted octanol–water partition coefficient (Wildman–Crippen LogP) is 8.39. The van der Waals surface area contributed by atoms with Gasteiger partial charge in [-0.25, -0.2) is 9.13 Å². The van der Waals surface area contributed by atoms with Crippen molar-refractivity contribution in [3.63, 3.8) is 0 Å². The van der Waals surface area contributed by atoms with E-state index in [1.165, 1.54) is 19.3 Å². The number of esters is 2. The number of carbonyl (C=O) groups excluding carboxylic acids is 2. The van der Waals surface area contributed by atoms with E-state index in [0.29, 0.717) is 38.5 Å². The molecule has 1 rings (SSSR count). The van der Waals surface area contributed by atoms with E-state index in [1.807, 2.05) is 18.2 Å². The van der Waals surface area contributed by atoms with Crippen molar-refractivity contribution in [2.75, 3.05) is 26.4 Å².